The number of aromatic carboxylic acids is 1. The summed E-state index contributed by atoms with van der Waals surface area (Å²) >= 11 is 0. The van der Waals surface area contributed by atoms with Crippen molar-refractivity contribution >= 4 is 11.8 Å². The topological polar surface area (TPSA) is 69.6 Å². The molecule has 3 rings (SSSR count). The van der Waals surface area contributed by atoms with Crippen LogP contribution in [-0.4, -0.2) is 58.2 Å². The SMILES string of the molecule is Cc1nc(N2CCC(CC3CCN(C(C)C)CC3)CC2)cnc1C(=O)O. The highest BCUT2D eigenvalue weighted by Crippen LogP contribution is 2.31. The van der Waals surface area contributed by atoms with Gasteiger partial charge in [-0.3, -0.25) is 0 Å². The van der Waals surface area contributed by atoms with Crippen LogP contribution in [0.5, 0.6) is 0 Å². The molecule has 0 spiro atoms. The zero-order valence-electron chi connectivity index (χ0n) is 16.3. The molecule has 2 saturated heterocycles. The molecular weight excluding hydrogens is 328 g/mol. The first-order chi connectivity index (χ1) is 12.4. The number of hydrogen-bond donors (Lipinski definition) is 1. The zero-order chi connectivity index (χ0) is 18.7. The van der Waals surface area contributed by atoms with Crippen LogP contribution in [0, 0.1) is 18.8 Å². The third kappa shape index (κ3) is 4.53. The molecule has 0 amide bonds. The van der Waals surface area contributed by atoms with Gasteiger partial charge in [0.25, 0.3) is 0 Å². The number of aromatic nitrogens is 2. The van der Waals surface area contributed by atoms with E-state index in [1.54, 1.807) is 13.1 Å². The molecule has 0 saturated carbocycles. The molecule has 6 heteroatoms. The maximum atomic E-state index is 11.1. The van der Waals surface area contributed by atoms with Gasteiger partial charge in [-0.25, -0.2) is 14.8 Å². The second kappa shape index (κ2) is 8.33. The monoisotopic (exact) mass is 360 g/mol. The van der Waals surface area contributed by atoms with E-state index < -0.39 is 5.97 Å². The van der Waals surface area contributed by atoms with E-state index in [9.17, 15) is 4.79 Å². The second-order valence-corrected chi connectivity index (χ2v) is 8.21. The zero-order valence-corrected chi connectivity index (χ0v) is 16.3. The fraction of sp³-hybridized carbons (Fsp3) is 0.750. The summed E-state index contributed by atoms with van der Waals surface area (Å²) in [6.07, 6.45) is 8.07. The minimum atomic E-state index is -1.01. The molecule has 0 aliphatic carbocycles. The molecule has 2 aliphatic rings. The third-order valence-electron chi connectivity index (χ3n) is 6.12. The van der Waals surface area contributed by atoms with Gasteiger partial charge in [0.2, 0.25) is 0 Å². The van der Waals surface area contributed by atoms with E-state index in [1.165, 1.54) is 45.2 Å². The van der Waals surface area contributed by atoms with Gasteiger partial charge in [-0.05, 0) is 77.8 Å². The van der Waals surface area contributed by atoms with Crippen molar-refractivity contribution < 1.29 is 9.90 Å². The molecule has 144 valence electrons. The first-order valence-corrected chi connectivity index (χ1v) is 10.00. The molecule has 1 N–H and O–H groups in total. The summed E-state index contributed by atoms with van der Waals surface area (Å²) in [7, 11) is 0. The lowest BCUT2D eigenvalue weighted by atomic mass is 9.82. The number of carbonyl (C=O) groups is 1. The van der Waals surface area contributed by atoms with Crippen LogP contribution in [0.2, 0.25) is 0 Å². The summed E-state index contributed by atoms with van der Waals surface area (Å²) in [5.41, 5.74) is 0.547. The lowest BCUT2D eigenvalue weighted by Gasteiger charge is -2.38. The van der Waals surface area contributed by atoms with Gasteiger partial charge in [0.15, 0.2) is 5.69 Å². The third-order valence-corrected chi connectivity index (χ3v) is 6.12. The van der Waals surface area contributed by atoms with Crippen LogP contribution >= 0.6 is 0 Å². The average Bonchev–Trinajstić information content (AvgIpc) is 2.62. The van der Waals surface area contributed by atoms with E-state index in [0.29, 0.717) is 11.7 Å². The van der Waals surface area contributed by atoms with Crippen LogP contribution in [0.25, 0.3) is 0 Å². The Morgan fingerprint density at radius 2 is 1.73 bits per heavy atom. The van der Waals surface area contributed by atoms with E-state index in [-0.39, 0.29) is 5.69 Å². The van der Waals surface area contributed by atoms with Crippen molar-refractivity contribution in [1.29, 1.82) is 0 Å². The van der Waals surface area contributed by atoms with E-state index in [4.69, 9.17) is 5.11 Å². The summed E-state index contributed by atoms with van der Waals surface area (Å²) in [4.78, 5) is 24.5. The van der Waals surface area contributed by atoms with Gasteiger partial charge in [0.05, 0.1) is 11.9 Å². The summed E-state index contributed by atoms with van der Waals surface area (Å²) in [6.45, 7) is 10.8. The van der Waals surface area contributed by atoms with Crippen molar-refractivity contribution in [2.24, 2.45) is 11.8 Å². The van der Waals surface area contributed by atoms with Gasteiger partial charge >= 0.3 is 5.97 Å². The summed E-state index contributed by atoms with van der Waals surface area (Å²) in [5.74, 6) is 1.51. The van der Waals surface area contributed by atoms with E-state index >= 15 is 0 Å². The van der Waals surface area contributed by atoms with Gasteiger partial charge < -0.3 is 14.9 Å². The molecule has 2 aliphatic heterocycles. The molecule has 0 radical (unpaired) electrons. The highest BCUT2D eigenvalue weighted by molar-refractivity contribution is 5.86. The van der Waals surface area contributed by atoms with Crippen molar-refractivity contribution in [2.45, 2.75) is 58.9 Å². The standard InChI is InChI=1S/C20H32N4O2/c1-14(2)23-8-4-16(5-9-23)12-17-6-10-24(11-7-17)18-13-21-19(20(25)26)15(3)22-18/h13-14,16-17H,4-12H2,1-3H3,(H,25,26). The summed E-state index contributed by atoms with van der Waals surface area (Å²) < 4.78 is 0. The number of nitrogens with zero attached hydrogens (tertiary/aromatic N) is 4. The lowest BCUT2D eigenvalue weighted by Crippen LogP contribution is -2.40. The van der Waals surface area contributed by atoms with Crippen molar-refractivity contribution in [3.8, 4) is 0 Å². The number of rotatable bonds is 5. The van der Waals surface area contributed by atoms with E-state index in [2.05, 4.69) is 33.6 Å². The molecule has 1 aromatic rings. The Labute approximate surface area is 156 Å². The fourth-order valence-corrected chi connectivity index (χ4v) is 4.41. The van der Waals surface area contributed by atoms with E-state index in [0.717, 1.165) is 30.7 Å². The Balaban J connectivity index is 1.47. The summed E-state index contributed by atoms with van der Waals surface area (Å²) in [5, 5.41) is 9.08. The first-order valence-electron chi connectivity index (χ1n) is 10.00. The number of carboxylic acids is 1. The smallest absolute Gasteiger partial charge is 0.356 e. The maximum Gasteiger partial charge on any atom is 0.356 e. The lowest BCUT2D eigenvalue weighted by molar-refractivity contribution is 0.0689. The molecule has 6 nitrogen and oxygen atoms in total. The van der Waals surface area contributed by atoms with Gasteiger partial charge in [0.1, 0.15) is 5.82 Å². The predicted octanol–water partition coefficient (Wildman–Crippen LogP) is 3.21. The highest BCUT2D eigenvalue weighted by Gasteiger charge is 2.27. The van der Waals surface area contributed by atoms with Crippen LogP contribution in [-0.2, 0) is 0 Å². The van der Waals surface area contributed by atoms with Crippen LogP contribution in [0.4, 0.5) is 5.82 Å². The maximum absolute atomic E-state index is 11.1. The number of hydrogen-bond acceptors (Lipinski definition) is 5. The molecule has 1 aromatic heterocycles. The molecule has 26 heavy (non-hydrogen) atoms. The van der Waals surface area contributed by atoms with Gasteiger partial charge in [-0.15, -0.1) is 0 Å². The van der Waals surface area contributed by atoms with Crippen LogP contribution in [0.1, 0.15) is 62.1 Å². The molecule has 0 aromatic carbocycles. The van der Waals surface area contributed by atoms with Crippen molar-refractivity contribution in [1.82, 2.24) is 14.9 Å². The number of likely N-dealkylation sites (tertiary alicyclic amines) is 1. The predicted molar refractivity (Wildman–Crippen MR) is 103 cm³/mol. The summed E-state index contributed by atoms with van der Waals surface area (Å²) in [6, 6.07) is 0.677. The number of aryl methyl sites for hydroxylation is 1. The Kier molecular flexibility index (Phi) is 6.12. The number of piperidine rings is 2. The minimum Gasteiger partial charge on any atom is -0.476 e. The molecule has 0 unspecified atom stereocenters. The van der Waals surface area contributed by atoms with Crippen molar-refractivity contribution in [3.63, 3.8) is 0 Å². The fourth-order valence-electron chi connectivity index (χ4n) is 4.41. The van der Waals surface area contributed by atoms with Crippen LogP contribution in [0.15, 0.2) is 6.20 Å². The highest BCUT2D eigenvalue weighted by atomic mass is 16.4. The normalized spacial score (nSPS) is 20.7. The van der Waals surface area contributed by atoms with Crippen LogP contribution < -0.4 is 4.90 Å². The second-order valence-electron chi connectivity index (χ2n) is 8.21. The first kappa shape index (κ1) is 19.1. The molecule has 0 atom stereocenters. The Bertz CT molecular complexity index is 618. The molecule has 2 fully saturated rings. The molecular formula is C20H32N4O2. The average molecular weight is 361 g/mol. The largest absolute Gasteiger partial charge is 0.476 e. The Morgan fingerprint density at radius 3 is 2.23 bits per heavy atom. The van der Waals surface area contributed by atoms with Crippen molar-refractivity contribution in [3.05, 3.63) is 17.6 Å². The van der Waals surface area contributed by atoms with Gasteiger partial charge in [-0.2, -0.15) is 0 Å². The minimum absolute atomic E-state index is 0.0522. The quantitative estimate of drug-likeness (QED) is 0.869. The van der Waals surface area contributed by atoms with Gasteiger partial charge in [0, 0.05) is 19.1 Å². The van der Waals surface area contributed by atoms with Gasteiger partial charge in [-0.1, -0.05) is 0 Å². The number of anilines is 1. The Morgan fingerprint density at radius 1 is 1.15 bits per heavy atom. The van der Waals surface area contributed by atoms with Crippen molar-refractivity contribution in [2.75, 3.05) is 31.1 Å². The molecule has 3 heterocycles. The number of carboxylic acid groups (broad SMARTS) is 1. The van der Waals surface area contributed by atoms with E-state index in [1.807, 2.05) is 0 Å². The molecule has 0 bridgehead atoms. The Hall–Kier alpha value is -1.69. The van der Waals surface area contributed by atoms with Crippen LogP contribution in [0.3, 0.4) is 0 Å².